The lowest BCUT2D eigenvalue weighted by Gasteiger charge is -2.14. The smallest absolute Gasteiger partial charge is 0.189 e. The third kappa shape index (κ3) is 4.48. The van der Waals surface area contributed by atoms with Crippen LogP contribution in [0, 0.1) is 0 Å². The summed E-state index contributed by atoms with van der Waals surface area (Å²) in [5.41, 5.74) is 1.79. The Morgan fingerprint density at radius 1 is 1.10 bits per heavy atom. The molecule has 4 heteroatoms. The molecule has 0 aliphatic heterocycles. The first-order chi connectivity index (χ1) is 10.2. The minimum atomic E-state index is -0.611. The van der Waals surface area contributed by atoms with Crippen molar-refractivity contribution in [2.75, 3.05) is 13.9 Å². The van der Waals surface area contributed by atoms with E-state index >= 15 is 0 Å². The van der Waals surface area contributed by atoms with Crippen LogP contribution in [-0.2, 0) is 11.3 Å². The van der Waals surface area contributed by atoms with E-state index < -0.39 is 6.10 Å². The van der Waals surface area contributed by atoms with Crippen LogP contribution >= 0.6 is 0 Å². The molecule has 0 bridgehead atoms. The van der Waals surface area contributed by atoms with Gasteiger partial charge in [-0.25, -0.2) is 0 Å². The summed E-state index contributed by atoms with van der Waals surface area (Å²) in [5.74, 6) is 1.25. The minimum Gasteiger partial charge on any atom is -0.497 e. The molecule has 2 rings (SSSR count). The first-order valence-corrected chi connectivity index (χ1v) is 6.81. The van der Waals surface area contributed by atoms with Gasteiger partial charge in [0.1, 0.15) is 11.5 Å². The lowest BCUT2D eigenvalue weighted by Crippen LogP contribution is -2.06. The molecule has 112 valence electrons. The van der Waals surface area contributed by atoms with Crippen LogP contribution in [0.5, 0.6) is 11.5 Å². The maximum atomic E-state index is 9.74. The second-order valence-corrected chi connectivity index (χ2v) is 4.68. The molecule has 0 fully saturated rings. The fourth-order valence-corrected chi connectivity index (χ4v) is 1.95. The second-order valence-electron chi connectivity index (χ2n) is 4.68. The zero-order chi connectivity index (χ0) is 15.1. The monoisotopic (exact) mass is 288 g/mol. The maximum absolute atomic E-state index is 9.74. The molecule has 0 amide bonds. The molecule has 1 atom stereocenters. The standard InChI is InChI=1S/C17H20O4/c1-13(18)16-9-8-15(19-2)10-17(16)21-12-20-11-14-6-4-3-5-7-14/h3-10,13,18H,11-12H2,1-2H3/t13-/m1/s1. The van der Waals surface area contributed by atoms with E-state index in [4.69, 9.17) is 14.2 Å². The van der Waals surface area contributed by atoms with Crippen LogP contribution in [0.25, 0.3) is 0 Å². The van der Waals surface area contributed by atoms with E-state index in [-0.39, 0.29) is 6.79 Å². The number of hydrogen-bond donors (Lipinski definition) is 1. The molecular weight excluding hydrogens is 268 g/mol. The van der Waals surface area contributed by atoms with Crippen molar-refractivity contribution in [3.63, 3.8) is 0 Å². The van der Waals surface area contributed by atoms with Crippen LogP contribution in [0.1, 0.15) is 24.2 Å². The maximum Gasteiger partial charge on any atom is 0.189 e. The number of methoxy groups -OCH3 is 1. The van der Waals surface area contributed by atoms with Crippen LogP contribution in [-0.4, -0.2) is 19.0 Å². The summed E-state index contributed by atoms with van der Waals surface area (Å²) in [7, 11) is 1.59. The highest BCUT2D eigenvalue weighted by molar-refractivity contribution is 5.41. The molecule has 0 aliphatic rings. The van der Waals surface area contributed by atoms with E-state index in [1.54, 1.807) is 32.2 Å². The van der Waals surface area contributed by atoms with Gasteiger partial charge in [0.15, 0.2) is 6.79 Å². The van der Waals surface area contributed by atoms with Gasteiger partial charge in [-0.1, -0.05) is 30.3 Å². The van der Waals surface area contributed by atoms with E-state index in [9.17, 15) is 5.11 Å². The van der Waals surface area contributed by atoms with Gasteiger partial charge in [-0.05, 0) is 24.6 Å². The van der Waals surface area contributed by atoms with E-state index in [2.05, 4.69) is 0 Å². The van der Waals surface area contributed by atoms with E-state index in [0.29, 0.717) is 23.7 Å². The minimum absolute atomic E-state index is 0.113. The first kappa shape index (κ1) is 15.4. The molecule has 0 aliphatic carbocycles. The van der Waals surface area contributed by atoms with Crippen molar-refractivity contribution >= 4 is 0 Å². The quantitative estimate of drug-likeness (QED) is 0.627. The number of aliphatic hydroxyl groups excluding tert-OH is 1. The Hall–Kier alpha value is -2.04. The zero-order valence-electron chi connectivity index (χ0n) is 12.3. The fourth-order valence-electron chi connectivity index (χ4n) is 1.95. The van der Waals surface area contributed by atoms with Gasteiger partial charge in [-0.2, -0.15) is 0 Å². The van der Waals surface area contributed by atoms with Crippen molar-refractivity contribution in [2.24, 2.45) is 0 Å². The lowest BCUT2D eigenvalue weighted by molar-refractivity contribution is 0.00333. The number of ether oxygens (including phenoxy) is 3. The normalized spacial score (nSPS) is 12.0. The molecular formula is C17H20O4. The highest BCUT2D eigenvalue weighted by Crippen LogP contribution is 2.29. The number of aliphatic hydroxyl groups is 1. The van der Waals surface area contributed by atoms with Gasteiger partial charge in [-0.3, -0.25) is 0 Å². The van der Waals surface area contributed by atoms with Crippen LogP contribution in [0.15, 0.2) is 48.5 Å². The van der Waals surface area contributed by atoms with Crippen molar-refractivity contribution < 1.29 is 19.3 Å². The van der Waals surface area contributed by atoms with Gasteiger partial charge in [0.25, 0.3) is 0 Å². The van der Waals surface area contributed by atoms with Crippen molar-refractivity contribution in [1.29, 1.82) is 0 Å². The molecule has 0 saturated heterocycles. The van der Waals surface area contributed by atoms with Gasteiger partial charge in [0, 0.05) is 11.6 Å². The van der Waals surface area contributed by atoms with Crippen molar-refractivity contribution in [3.8, 4) is 11.5 Å². The Morgan fingerprint density at radius 2 is 1.86 bits per heavy atom. The fraction of sp³-hybridized carbons (Fsp3) is 0.294. The topological polar surface area (TPSA) is 47.9 Å². The average molecular weight is 288 g/mol. The molecule has 1 N–H and O–H groups in total. The van der Waals surface area contributed by atoms with Gasteiger partial charge in [0.2, 0.25) is 0 Å². The molecule has 0 saturated carbocycles. The highest BCUT2D eigenvalue weighted by atomic mass is 16.7. The SMILES string of the molecule is COc1ccc([C@@H](C)O)c(OCOCc2ccccc2)c1. The van der Waals surface area contributed by atoms with Crippen LogP contribution in [0.2, 0.25) is 0 Å². The largest absolute Gasteiger partial charge is 0.497 e. The van der Waals surface area contributed by atoms with Crippen LogP contribution < -0.4 is 9.47 Å². The summed E-state index contributed by atoms with van der Waals surface area (Å²) >= 11 is 0. The zero-order valence-corrected chi connectivity index (χ0v) is 12.3. The van der Waals surface area contributed by atoms with Crippen molar-refractivity contribution in [3.05, 3.63) is 59.7 Å². The first-order valence-electron chi connectivity index (χ1n) is 6.81. The summed E-state index contributed by atoms with van der Waals surface area (Å²) in [4.78, 5) is 0. The molecule has 21 heavy (non-hydrogen) atoms. The molecule has 0 spiro atoms. The van der Waals surface area contributed by atoms with E-state index in [1.807, 2.05) is 30.3 Å². The Morgan fingerprint density at radius 3 is 2.52 bits per heavy atom. The Balaban J connectivity index is 1.92. The molecule has 0 radical (unpaired) electrons. The summed E-state index contributed by atoms with van der Waals surface area (Å²) in [6.45, 7) is 2.29. The summed E-state index contributed by atoms with van der Waals surface area (Å²) in [6, 6.07) is 15.2. The van der Waals surface area contributed by atoms with Gasteiger partial charge in [0.05, 0.1) is 19.8 Å². The predicted molar refractivity (Wildman–Crippen MR) is 80.4 cm³/mol. The number of hydrogen-bond acceptors (Lipinski definition) is 4. The number of benzene rings is 2. The van der Waals surface area contributed by atoms with Gasteiger partial charge in [-0.15, -0.1) is 0 Å². The average Bonchev–Trinajstić information content (AvgIpc) is 2.52. The third-order valence-electron chi connectivity index (χ3n) is 3.08. The predicted octanol–water partition coefficient (Wildman–Crippen LogP) is 3.30. The lowest BCUT2D eigenvalue weighted by atomic mass is 10.1. The molecule has 0 heterocycles. The number of rotatable bonds is 7. The van der Waals surface area contributed by atoms with E-state index in [1.165, 1.54) is 0 Å². The molecule has 2 aromatic carbocycles. The highest BCUT2D eigenvalue weighted by Gasteiger charge is 2.10. The molecule has 2 aromatic rings. The van der Waals surface area contributed by atoms with E-state index in [0.717, 1.165) is 5.56 Å². The van der Waals surface area contributed by atoms with Gasteiger partial charge < -0.3 is 19.3 Å². The van der Waals surface area contributed by atoms with Gasteiger partial charge >= 0.3 is 0 Å². The molecule has 4 nitrogen and oxygen atoms in total. The Labute approximate surface area is 124 Å². The van der Waals surface area contributed by atoms with Crippen LogP contribution in [0.3, 0.4) is 0 Å². The Kier molecular flexibility index (Phi) is 5.60. The van der Waals surface area contributed by atoms with Crippen molar-refractivity contribution in [1.82, 2.24) is 0 Å². The molecule has 0 unspecified atom stereocenters. The summed E-state index contributed by atoms with van der Waals surface area (Å²) < 4.78 is 16.3. The summed E-state index contributed by atoms with van der Waals surface area (Å²) in [5, 5.41) is 9.74. The third-order valence-corrected chi connectivity index (χ3v) is 3.08. The molecule has 0 aromatic heterocycles. The van der Waals surface area contributed by atoms with Crippen LogP contribution in [0.4, 0.5) is 0 Å². The summed E-state index contributed by atoms with van der Waals surface area (Å²) in [6.07, 6.45) is -0.611. The Bertz CT molecular complexity index is 552. The van der Waals surface area contributed by atoms with Crippen molar-refractivity contribution in [2.45, 2.75) is 19.6 Å². The second kappa shape index (κ2) is 7.67.